The van der Waals surface area contributed by atoms with Crippen LogP contribution in [-0.4, -0.2) is 17.8 Å². The highest BCUT2D eigenvalue weighted by Crippen LogP contribution is 2.17. The summed E-state index contributed by atoms with van der Waals surface area (Å²) in [5, 5.41) is 3.10. The molecule has 4 heteroatoms. The Morgan fingerprint density at radius 1 is 1.47 bits per heavy atom. The Labute approximate surface area is 97.9 Å². The number of hydrogen-bond donors (Lipinski definition) is 1. The first kappa shape index (κ1) is 12.0. The summed E-state index contributed by atoms with van der Waals surface area (Å²) in [5.41, 5.74) is 0.994. The summed E-state index contributed by atoms with van der Waals surface area (Å²) in [6, 6.07) is 7.69. The van der Waals surface area contributed by atoms with E-state index >= 15 is 0 Å². The summed E-state index contributed by atoms with van der Waals surface area (Å²) in [6.07, 6.45) is 0. The van der Waals surface area contributed by atoms with Gasteiger partial charge in [0.25, 0.3) is 0 Å². The SMILES string of the molecule is CCOc1ccccc1CNC(=O)CBr. The summed E-state index contributed by atoms with van der Waals surface area (Å²) in [5.74, 6) is 0.802. The van der Waals surface area contributed by atoms with Gasteiger partial charge in [0.15, 0.2) is 0 Å². The number of carbonyl (C=O) groups excluding carboxylic acids is 1. The molecule has 0 aromatic heterocycles. The lowest BCUT2D eigenvalue weighted by Gasteiger charge is -2.10. The summed E-state index contributed by atoms with van der Waals surface area (Å²) in [4.78, 5) is 11.1. The molecule has 82 valence electrons. The van der Waals surface area contributed by atoms with Gasteiger partial charge in [-0.15, -0.1) is 0 Å². The molecule has 0 atom stereocenters. The van der Waals surface area contributed by atoms with Crippen molar-refractivity contribution in [3.05, 3.63) is 29.8 Å². The molecule has 0 saturated carbocycles. The molecule has 0 spiro atoms. The first-order chi connectivity index (χ1) is 7.27. The van der Waals surface area contributed by atoms with Crippen molar-refractivity contribution in [1.29, 1.82) is 0 Å². The molecule has 3 nitrogen and oxygen atoms in total. The summed E-state index contributed by atoms with van der Waals surface area (Å²) in [7, 11) is 0. The average Bonchev–Trinajstić information content (AvgIpc) is 2.28. The third kappa shape index (κ3) is 3.91. The van der Waals surface area contributed by atoms with Crippen molar-refractivity contribution in [2.24, 2.45) is 0 Å². The van der Waals surface area contributed by atoms with Gasteiger partial charge in [0.1, 0.15) is 5.75 Å². The zero-order chi connectivity index (χ0) is 11.1. The zero-order valence-corrected chi connectivity index (χ0v) is 10.2. The second kappa shape index (κ2) is 6.45. The number of amides is 1. The van der Waals surface area contributed by atoms with E-state index in [0.29, 0.717) is 18.5 Å². The number of rotatable bonds is 5. The smallest absolute Gasteiger partial charge is 0.230 e. The molecule has 0 radical (unpaired) electrons. The number of hydrogen-bond acceptors (Lipinski definition) is 2. The molecule has 1 aromatic rings. The summed E-state index contributed by atoms with van der Waals surface area (Å²) in [6.45, 7) is 3.07. The fourth-order valence-corrected chi connectivity index (χ4v) is 1.39. The van der Waals surface area contributed by atoms with E-state index in [-0.39, 0.29) is 5.91 Å². The van der Waals surface area contributed by atoms with Crippen LogP contribution in [0.25, 0.3) is 0 Å². The van der Waals surface area contributed by atoms with Gasteiger partial charge in [-0.05, 0) is 13.0 Å². The summed E-state index contributed by atoms with van der Waals surface area (Å²) >= 11 is 3.09. The second-order valence-electron chi connectivity index (χ2n) is 2.95. The van der Waals surface area contributed by atoms with Crippen LogP contribution >= 0.6 is 15.9 Å². The molecule has 1 amide bonds. The highest BCUT2D eigenvalue weighted by atomic mass is 79.9. The fraction of sp³-hybridized carbons (Fsp3) is 0.364. The molecule has 0 aliphatic carbocycles. The first-order valence-corrected chi connectivity index (χ1v) is 5.93. The molecule has 0 saturated heterocycles. The van der Waals surface area contributed by atoms with E-state index < -0.39 is 0 Å². The maximum atomic E-state index is 11.1. The predicted octanol–water partition coefficient (Wildman–Crippen LogP) is 2.10. The molecular weight excluding hydrogens is 258 g/mol. The van der Waals surface area contributed by atoms with Gasteiger partial charge in [0.2, 0.25) is 5.91 Å². The number of para-hydroxylation sites is 1. The molecule has 1 rings (SSSR count). The van der Waals surface area contributed by atoms with E-state index in [4.69, 9.17) is 4.74 Å². The molecule has 0 fully saturated rings. The third-order valence-corrected chi connectivity index (χ3v) is 2.38. The lowest BCUT2D eigenvalue weighted by molar-refractivity contribution is -0.118. The van der Waals surface area contributed by atoms with Crippen LogP contribution < -0.4 is 10.1 Å². The topological polar surface area (TPSA) is 38.3 Å². The number of nitrogens with one attached hydrogen (secondary N) is 1. The average molecular weight is 272 g/mol. The van der Waals surface area contributed by atoms with Crippen LogP contribution in [0.3, 0.4) is 0 Å². The molecular formula is C11H14BrNO2. The molecule has 0 heterocycles. The maximum absolute atomic E-state index is 11.1. The highest BCUT2D eigenvalue weighted by Gasteiger charge is 2.03. The Balaban J connectivity index is 2.62. The molecule has 0 aliphatic rings. The monoisotopic (exact) mass is 271 g/mol. The second-order valence-corrected chi connectivity index (χ2v) is 3.51. The van der Waals surface area contributed by atoms with E-state index in [9.17, 15) is 4.79 Å². The van der Waals surface area contributed by atoms with Gasteiger partial charge in [-0.2, -0.15) is 0 Å². The van der Waals surface area contributed by atoms with Crippen molar-refractivity contribution in [2.45, 2.75) is 13.5 Å². The first-order valence-electron chi connectivity index (χ1n) is 4.81. The van der Waals surface area contributed by atoms with E-state index in [1.165, 1.54) is 0 Å². The summed E-state index contributed by atoms with van der Waals surface area (Å²) < 4.78 is 5.44. The van der Waals surface area contributed by atoms with Crippen molar-refractivity contribution in [2.75, 3.05) is 11.9 Å². The van der Waals surface area contributed by atoms with Gasteiger partial charge in [0.05, 0.1) is 11.9 Å². The minimum atomic E-state index is -0.0266. The molecule has 1 aromatic carbocycles. The fourth-order valence-electron chi connectivity index (χ4n) is 1.19. The standard InChI is InChI=1S/C11H14BrNO2/c1-2-15-10-6-4-3-5-9(10)8-13-11(14)7-12/h3-6H,2,7-8H2,1H3,(H,13,14). The molecule has 1 N–H and O–H groups in total. The van der Waals surface area contributed by atoms with E-state index in [1.54, 1.807) is 0 Å². The Bertz CT molecular complexity index is 328. The van der Waals surface area contributed by atoms with Gasteiger partial charge < -0.3 is 10.1 Å². The van der Waals surface area contributed by atoms with Gasteiger partial charge in [-0.3, -0.25) is 4.79 Å². The lowest BCUT2D eigenvalue weighted by atomic mass is 10.2. The molecule has 0 aliphatic heterocycles. The van der Waals surface area contributed by atoms with E-state index in [0.717, 1.165) is 11.3 Å². The number of benzene rings is 1. The van der Waals surface area contributed by atoms with Crippen LogP contribution in [0.1, 0.15) is 12.5 Å². The van der Waals surface area contributed by atoms with Crippen LogP contribution in [-0.2, 0) is 11.3 Å². The van der Waals surface area contributed by atoms with Crippen LogP contribution in [0.2, 0.25) is 0 Å². The molecule has 15 heavy (non-hydrogen) atoms. The van der Waals surface area contributed by atoms with Crippen LogP contribution in [0, 0.1) is 0 Å². The van der Waals surface area contributed by atoms with Gasteiger partial charge in [0, 0.05) is 12.1 Å². The Hall–Kier alpha value is -1.03. The number of halogens is 1. The largest absolute Gasteiger partial charge is 0.494 e. The quantitative estimate of drug-likeness (QED) is 0.833. The number of ether oxygens (including phenoxy) is 1. The van der Waals surface area contributed by atoms with E-state index in [2.05, 4.69) is 21.2 Å². The van der Waals surface area contributed by atoms with Crippen LogP contribution in [0.15, 0.2) is 24.3 Å². The van der Waals surface area contributed by atoms with Crippen LogP contribution in [0.4, 0.5) is 0 Å². The van der Waals surface area contributed by atoms with Gasteiger partial charge >= 0.3 is 0 Å². The highest BCUT2D eigenvalue weighted by molar-refractivity contribution is 9.09. The predicted molar refractivity (Wildman–Crippen MR) is 63.3 cm³/mol. The molecule has 0 unspecified atom stereocenters. The lowest BCUT2D eigenvalue weighted by Crippen LogP contribution is -2.23. The minimum absolute atomic E-state index is 0.0266. The Morgan fingerprint density at radius 2 is 2.20 bits per heavy atom. The van der Waals surface area contributed by atoms with Gasteiger partial charge in [-0.1, -0.05) is 34.1 Å². The van der Waals surface area contributed by atoms with E-state index in [1.807, 2.05) is 31.2 Å². The molecule has 0 bridgehead atoms. The number of alkyl halides is 1. The Morgan fingerprint density at radius 3 is 2.87 bits per heavy atom. The van der Waals surface area contributed by atoms with Crippen molar-refractivity contribution in [3.8, 4) is 5.75 Å². The van der Waals surface area contributed by atoms with Crippen molar-refractivity contribution < 1.29 is 9.53 Å². The van der Waals surface area contributed by atoms with Crippen molar-refractivity contribution in [1.82, 2.24) is 5.32 Å². The maximum Gasteiger partial charge on any atom is 0.230 e. The normalized spacial score (nSPS) is 9.73. The van der Waals surface area contributed by atoms with Gasteiger partial charge in [-0.25, -0.2) is 0 Å². The van der Waals surface area contributed by atoms with Crippen molar-refractivity contribution in [3.63, 3.8) is 0 Å². The Kier molecular flexibility index (Phi) is 5.18. The number of carbonyl (C=O) groups is 1. The van der Waals surface area contributed by atoms with Crippen LogP contribution in [0.5, 0.6) is 5.75 Å². The third-order valence-electron chi connectivity index (χ3n) is 1.87. The zero-order valence-electron chi connectivity index (χ0n) is 8.63. The minimum Gasteiger partial charge on any atom is -0.494 e. The van der Waals surface area contributed by atoms with Crippen molar-refractivity contribution >= 4 is 21.8 Å².